The molecule has 0 aromatic carbocycles. The van der Waals surface area contributed by atoms with Gasteiger partial charge in [0.2, 0.25) is 5.95 Å². The standard InChI is InChI=1S/C11H16N4/c1-4-6-7-13-10-9(5-2)8(3)14-11(12)15-10/h2H,4,6-7H2,1,3H3,(H3,12,13,14,15). The van der Waals surface area contributed by atoms with Gasteiger partial charge >= 0.3 is 0 Å². The molecule has 1 rings (SSSR count). The van der Waals surface area contributed by atoms with Gasteiger partial charge in [-0.15, -0.1) is 6.42 Å². The van der Waals surface area contributed by atoms with E-state index in [0.717, 1.165) is 25.1 Å². The zero-order chi connectivity index (χ0) is 11.3. The molecule has 1 aromatic rings. The molecular weight excluding hydrogens is 188 g/mol. The van der Waals surface area contributed by atoms with Gasteiger partial charge in [-0.2, -0.15) is 4.98 Å². The molecular formula is C11H16N4. The number of nitrogen functional groups attached to an aromatic ring is 1. The molecule has 0 aliphatic heterocycles. The first-order valence-corrected chi connectivity index (χ1v) is 5.03. The van der Waals surface area contributed by atoms with Crippen LogP contribution in [0.3, 0.4) is 0 Å². The Balaban J connectivity index is 2.90. The Kier molecular flexibility index (Phi) is 3.92. The van der Waals surface area contributed by atoms with Crippen molar-refractivity contribution in [1.82, 2.24) is 9.97 Å². The largest absolute Gasteiger partial charge is 0.369 e. The van der Waals surface area contributed by atoms with Crippen molar-refractivity contribution in [2.24, 2.45) is 0 Å². The summed E-state index contributed by atoms with van der Waals surface area (Å²) in [5.74, 6) is 3.49. The molecule has 0 saturated carbocycles. The summed E-state index contributed by atoms with van der Waals surface area (Å²) in [5, 5.41) is 3.17. The number of nitrogens with two attached hydrogens (primary N) is 1. The van der Waals surface area contributed by atoms with Gasteiger partial charge < -0.3 is 11.1 Å². The van der Waals surface area contributed by atoms with Crippen molar-refractivity contribution in [3.05, 3.63) is 11.3 Å². The van der Waals surface area contributed by atoms with Gasteiger partial charge in [0, 0.05) is 6.54 Å². The van der Waals surface area contributed by atoms with Gasteiger partial charge in [-0.1, -0.05) is 19.3 Å². The predicted octanol–water partition coefficient (Wildman–Crippen LogP) is 1.56. The van der Waals surface area contributed by atoms with Crippen molar-refractivity contribution in [3.63, 3.8) is 0 Å². The minimum Gasteiger partial charge on any atom is -0.369 e. The molecule has 0 aliphatic carbocycles. The maximum atomic E-state index is 5.56. The highest BCUT2D eigenvalue weighted by Gasteiger charge is 2.07. The van der Waals surface area contributed by atoms with E-state index in [4.69, 9.17) is 12.2 Å². The highest BCUT2D eigenvalue weighted by atomic mass is 15.1. The van der Waals surface area contributed by atoms with E-state index in [0.29, 0.717) is 11.4 Å². The second kappa shape index (κ2) is 5.20. The first kappa shape index (κ1) is 11.3. The van der Waals surface area contributed by atoms with E-state index in [1.54, 1.807) is 0 Å². The number of nitrogens with one attached hydrogen (secondary N) is 1. The van der Waals surface area contributed by atoms with Crippen molar-refractivity contribution in [2.75, 3.05) is 17.6 Å². The van der Waals surface area contributed by atoms with Crippen LogP contribution in [0.2, 0.25) is 0 Å². The first-order valence-electron chi connectivity index (χ1n) is 5.03. The van der Waals surface area contributed by atoms with Gasteiger partial charge in [-0.05, 0) is 13.3 Å². The summed E-state index contributed by atoms with van der Waals surface area (Å²) in [6.45, 7) is 4.81. The van der Waals surface area contributed by atoms with Crippen LogP contribution in [-0.2, 0) is 0 Å². The summed E-state index contributed by atoms with van der Waals surface area (Å²) in [6.07, 6.45) is 7.59. The number of hydrogen-bond donors (Lipinski definition) is 2. The van der Waals surface area contributed by atoms with Crippen LogP contribution < -0.4 is 11.1 Å². The van der Waals surface area contributed by atoms with E-state index in [2.05, 4.69) is 28.1 Å². The Morgan fingerprint density at radius 3 is 2.80 bits per heavy atom. The number of terminal acetylenes is 1. The lowest BCUT2D eigenvalue weighted by molar-refractivity contribution is 0.830. The van der Waals surface area contributed by atoms with Gasteiger partial charge in [0.15, 0.2) is 0 Å². The molecule has 0 spiro atoms. The number of aromatic nitrogens is 2. The SMILES string of the molecule is C#Cc1c(C)nc(N)nc1NCCCC. The van der Waals surface area contributed by atoms with E-state index in [-0.39, 0.29) is 5.95 Å². The second-order valence-electron chi connectivity index (χ2n) is 3.32. The lowest BCUT2D eigenvalue weighted by Gasteiger charge is -2.09. The molecule has 0 aliphatic rings. The number of aryl methyl sites for hydroxylation is 1. The highest BCUT2D eigenvalue weighted by Crippen LogP contribution is 2.15. The molecule has 3 N–H and O–H groups in total. The lowest BCUT2D eigenvalue weighted by Crippen LogP contribution is -2.09. The van der Waals surface area contributed by atoms with Gasteiger partial charge in [0.25, 0.3) is 0 Å². The molecule has 0 atom stereocenters. The lowest BCUT2D eigenvalue weighted by atomic mass is 10.2. The summed E-state index contributed by atoms with van der Waals surface area (Å²) < 4.78 is 0. The van der Waals surface area contributed by atoms with Crippen molar-refractivity contribution in [3.8, 4) is 12.3 Å². The van der Waals surface area contributed by atoms with Gasteiger partial charge in [0.05, 0.1) is 11.3 Å². The minimum atomic E-state index is 0.255. The molecule has 0 amide bonds. The summed E-state index contributed by atoms with van der Waals surface area (Å²) in [6, 6.07) is 0. The van der Waals surface area contributed by atoms with Gasteiger partial charge in [0.1, 0.15) is 5.82 Å². The third kappa shape index (κ3) is 2.84. The fourth-order valence-electron chi connectivity index (χ4n) is 1.28. The van der Waals surface area contributed by atoms with Crippen LogP contribution in [0, 0.1) is 19.3 Å². The van der Waals surface area contributed by atoms with E-state index < -0.39 is 0 Å². The quantitative estimate of drug-likeness (QED) is 0.577. The normalized spacial score (nSPS) is 9.67. The summed E-state index contributed by atoms with van der Waals surface area (Å²) in [5.41, 5.74) is 6.99. The van der Waals surface area contributed by atoms with Crippen molar-refractivity contribution in [1.29, 1.82) is 0 Å². The Labute approximate surface area is 90.3 Å². The van der Waals surface area contributed by atoms with Crippen LogP contribution in [0.25, 0.3) is 0 Å². The maximum absolute atomic E-state index is 5.56. The van der Waals surface area contributed by atoms with Crippen molar-refractivity contribution >= 4 is 11.8 Å². The van der Waals surface area contributed by atoms with E-state index >= 15 is 0 Å². The smallest absolute Gasteiger partial charge is 0.222 e. The van der Waals surface area contributed by atoms with Crippen LogP contribution in [0.4, 0.5) is 11.8 Å². The van der Waals surface area contributed by atoms with E-state index in [1.165, 1.54) is 0 Å². The molecule has 4 nitrogen and oxygen atoms in total. The van der Waals surface area contributed by atoms with Crippen molar-refractivity contribution in [2.45, 2.75) is 26.7 Å². The Hall–Kier alpha value is -1.76. The Bertz CT molecular complexity index is 379. The number of rotatable bonds is 4. The first-order chi connectivity index (χ1) is 7.19. The molecule has 1 heterocycles. The second-order valence-corrected chi connectivity index (χ2v) is 3.32. The molecule has 0 saturated heterocycles. The van der Waals surface area contributed by atoms with Crippen LogP contribution in [-0.4, -0.2) is 16.5 Å². The topological polar surface area (TPSA) is 63.8 Å². The monoisotopic (exact) mass is 204 g/mol. The third-order valence-corrected chi connectivity index (χ3v) is 2.07. The Morgan fingerprint density at radius 1 is 1.47 bits per heavy atom. The van der Waals surface area contributed by atoms with Crippen LogP contribution in [0.15, 0.2) is 0 Å². The van der Waals surface area contributed by atoms with Gasteiger partial charge in [-0.3, -0.25) is 0 Å². The molecule has 80 valence electrons. The third-order valence-electron chi connectivity index (χ3n) is 2.07. The summed E-state index contributed by atoms with van der Waals surface area (Å²) >= 11 is 0. The Morgan fingerprint density at radius 2 is 2.20 bits per heavy atom. The molecule has 0 radical (unpaired) electrons. The highest BCUT2D eigenvalue weighted by molar-refractivity contribution is 5.57. The van der Waals surface area contributed by atoms with Crippen LogP contribution in [0.1, 0.15) is 31.0 Å². The zero-order valence-electron chi connectivity index (χ0n) is 9.17. The number of nitrogens with zero attached hydrogens (tertiary/aromatic N) is 2. The maximum Gasteiger partial charge on any atom is 0.222 e. The van der Waals surface area contributed by atoms with E-state index in [9.17, 15) is 0 Å². The number of unbranched alkanes of at least 4 members (excludes halogenated alkanes) is 1. The molecule has 0 bridgehead atoms. The average Bonchev–Trinajstić information content (AvgIpc) is 2.17. The van der Waals surface area contributed by atoms with Crippen LogP contribution in [0.5, 0.6) is 0 Å². The number of hydrogen-bond acceptors (Lipinski definition) is 4. The summed E-state index contributed by atoms with van der Waals surface area (Å²) in [7, 11) is 0. The van der Waals surface area contributed by atoms with Gasteiger partial charge in [-0.25, -0.2) is 4.98 Å². The predicted molar refractivity (Wildman–Crippen MR) is 62.5 cm³/mol. The fraction of sp³-hybridized carbons (Fsp3) is 0.455. The average molecular weight is 204 g/mol. The molecule has 15 heavy (non-hydrogen) atoms. The minimum absolute atomic E-state index is 0.255. The fourth-order valence-corrected chi connectivity index (χ4v) is 1.28. The molecule has 1 aromatic heterocycles. The summed E-state index contributed by atoms with van der Waals surface area (Å²) in [4.78, 5) is 8.11. The van der Waals surface area contributed by atoms with Crippen molar-refractivity contribution < 1.29 is 0 Å². The van der Waals surface area contributed by atoms with E-state index in [1.807, 2.05) is 6.92 Å². The zero-order valence-corrected chi connectivity index (χ0v) is 9.17. The molecule has 0 fully saturated rings. The van der Waals surface area contributed by atoms with Crippen LogP contribution >= 0.6 is 0 Å². The number of anilines is 2. The molecule has 0 unspecified atom stereocenters. The molecule has 4 heteroatoms.